The number of aromatic nitrogens is 5. The Morgan fingerprint density at radius 1 is 1.30 bits per heavy atom. The third kappa shape index (κ3) is 2.96. The van der Waals surface area contributed by atoms with Crippen molar-refractivity contribution in [1.29, 1.82) is 5.26 Å². The fraction of sp³-hybridized carbons (Fsp3) is 0.250. The second-order valence-electron chi connectivity index (χ2n) is 6.89. The van der Waals surface area contributed by atoms with Crippen LogP contribution < -0.4 is 4.90 Å². The first-order valence-corrected chi connectivity index (χ1v) is 9.33. The summed E-state index contributed by atoms with van der Waals surface area (Å²) in [5.74, 6) is 1.01. The maximum Gasteiger partial charge on any atom is 0.257 e. The number of hydrogen-bond donors (Lipinski definition) is 1. The van der Waals surface area contributed by atoms with E-state index in [1.165, 1.54) is 12.4 Å². The lowest BCUT2D eigenvalue weighted by Crippen LogP contribution is -2.39. The van der Waals surface area contributed by atoms with Gasteiger partial charge in [0.15, 0.2) is 11.9 Å². The molecule has 1 fully saturated rings. The van der Waals surface area contributed by atoms with Gasteiger partial charge in [-0.1, -0.05) is 17.3 Å². The van der Waals surface area contributed by atoms with Crippen LogP contribution in [0.2, 0.25) is 0 Å². The molecule has 1 aliphatic rings. The smallest absolute Gasteiger partial charge is 0.257 e. The number of aryl methyl sites for hydroxylation is 1. The van der Waals surface area contributed by atoms with Crippen molar-refractivity contribution in [2.45, 2.75) is 13.0 Å². The highest BCUT2D eigenvalue weighted by Gasteiger charge is 2.29. The molecule has 0 aliphatic carbocycles. The van der Waals surface area contributed by atoms with E-state index in [-0.39, 0.29) is 5.56 Å². The number of ether oxygens (including phenoxy) is 1. The second-order valence-corrected chi connectivity index (χ2v) is 6.89. The van der Waals surface area contributed by atoms with Crippen LogP contribution in [0.5, 0.6) is 0 Å². The molecule has 30 heavy (non-hydrogen) atoms. The lowest BCUT2D eigenvalue weighted by atomic mass is 10.0. The Hall–Kier alpha value is -3.84. The molecule has 10 heteroatoms. The Labute approximate surface area is 170 Å². The predicted molar refractivity (Wildman–Crippen MR) is 104 cm³/mol. The lowest BCUT2D eigenvalue weighted by Gasteiger charge is -2.32. The standard InChI is InChI=1S/C20H16FN7O2/c1-11-26-20(30-27-11)15-9-28(5-6-29-15)19-16-14(8-23-18(16)24-10-25-19)13-4-2-3-12(7-22)17(13)21/h2-4,8,10,15H,5-6,9H2,1H3,(H,23,24,25)/t15-/m1/s1. The fourth-order valence-corrected chi connectivity index (χ4v) is 3.66. The number of hydrogen-bond acceptors (Lipinski definition) is 8. The van der Waals surface area contributed by atoms with Gasteiger partial charge in [0.25, 0.3) is 5.89 Å². The Balaban J connectivity index is 1.59. The zero-order valence-corrected chi connectivity index (χ0v) is 16.0. The van der Waals surface area contributed by atoms with Gasteiger partial charge < -0.3 is 19.1 Å². The van der Waals surface area contributed by atoms with Crippen LogP contribution in [0.1, 0.15) is 23.4 Å². The Bertz CT molecular complexity index is 1280. The number of aromatic amines is 1. The molecule has 4 aromatic rings. The predicted octanol–water partition coefficient (Wildman–Crippen LogP) is 2.91. The summed E-state index contributed by atoms with van der Waals surface area (Å²) < 4.78 is 25.9. The number of nitrogens with one attached hydrogen (secondary N) is 1. The summed E-state index contributed by atoms with van der Waals surface area (Å²) in [6.07, 6.45) is 2.74. The number of nitrogens with zero attached hydrogens (tertiary/aromatic N) is 6. The number of anilines is 1. The molecule has 1 aromatic carbocycles. The molecule has 1 atom stereocenters. The van der Waals surface area contributed by atoms with Crippen molar-refractivity contribution in [3.8, 4) is 17.2 Å². The van der Waals surface area contributed by atoms with Gasteiger partial charge in [-0.3, -0.25) is 0 Å². The van der Waals surface area contributed by atoms with Gasteiger partial charge in [-0.15, -0.1) is 0 Å². The topological polar surface area (TPSA) is 117 Å². The average molecular weight is 405 g/mol. The number of nitriles is 1. The maximum atomic E-state index is 14.9. The summed E-state index contributed by atoms with van der Waals surface area (Å²) in [6, 6.07) is 6.62. The van der Waals surface area contributed by atoms with Crippen LogP contribution in [-0.4, -0.2) is 44.8 Å². The Kier molecular flexibility index (Phi) is 4.37. The van der Waals surface area contributed by atoms with E-state index in [1.807, 2.05) is 11.0 Å². The second kappa shape index (κ2) is 7.20. The third-order valence-electron chi connectivity index (χ3n) is 5.04. The zero-order valence-electron chi connectivity index (χ0n) is 16.0. The molecule has 0 unspecified atom stereocenters. The van der Waals surface area contributed by atoms with Gasteiger partial charge in [0.1, 0.15) is 29.7 Å². The van der Waals surface area contributed by atoms with Crippen molar-refractivity contribution in [2.75, 3.05) is 24.6 Å². The van der Waals surface area contributed by atoms with E-state index < -0.39 is 11.9 Å². The molecule has 5 rings (SSSR count). The zero-order chi connectivity index (χ0) is 20.7. The SMILES string of the molecule is Cc1noc([C@H]2CN(c3ncnc4[nH]cc(-c5cccc(C#N)c5F)c34)CCO2)n1. The number of H-pyrrole nitrogens is 1. The van der Waals surface area contributed by atoms with Crippen LogP contribution in [0.15, 0.2) is 35.2 Å². The van der Waals surface area contributed by atoms with Crippen LogP contribution in [0, 0.1) is 24.1 Å². The van der Waals surface area contributed by atoms with Crippen molar-refractivity contribution in [3.63, 3.8) is 0 Å². The molecule has 150 valence electrons. The maximum absolute atomic E-state index is 14.9. The van der Waals surface area contributed by atoms with Gasteiger partial charge in [-0.05, 0) is 13.0 Å². The van der Waals surface area contributed by atoms with Gasteiger partial charge in [-0.25, -0.2) is 14.4 Å². The molecule has 1 N–H and O–H groups in total. The van der Waals surface area contributed by atoms with E-state index >= 15 is 0 Å². The quantitative estimate of drug-likeness (QED) is 0.553. The minimum atomic E-state index is -0.572. The molecule has 0 radical (unpaired) electrons. The monoisotopic (exact) mass is 405 g/mol. The van der Waals surface area contributed by atoms with Crippen molar-refractivity contribution in [1.82, 2.24) is 25.1 Å². The van der Waals surface area contributed by atoms with Gasteiger partial charge in [0.2, 0.25) is 0 Å². The van der Waals surface area contributed by atoms with Crippen LogP contribution in [0.3, 0.4) is 0 Å². The minimum absolute atomic E-state index is 0.0153. The molecule has 0 bridgehead atoms. The summed E-state index contributed by atoms with van der Waals surface area (Å²) in [5, 5.41) is 13.7. The van der Waals surface area contributed by atoms with Gasteiger partial charge >= 0.3 is 0 Å². The third-order valence-corrected chi connectivity index (χ3v) is 5.04. The Morgan fingerprint density at radius 3 is 3.00 bits per heavy atom. The van der Waals surface area contributed by atoms with Crippen LogP contribution >= 0.6 is 0 Å². The van der Waals surface area contributed by atoms with Gasteiger partial charge in [0.05, 0.1) is 24.1 Å². The molecular weight excluding hydrogens is 389 g/mol. The summed E-state index contributed by atoms with van der Waals surface area (Å²) in [4.78, 5) is 18.1. The molecule has 0 saturated carbocycles. The van der Waals surface area contributed by atoms with E-state index in [4.69, 9.17) is 9.26 Å². The van der Waals surface area contributed by atoms with Crippen molar-refractivity contribution < 1.29 is 13.7 Å². The molecule has 9 nitrogen and oxygen atoms in total. The number of morpholine rings is 1. The normalized spacial score (nSPS) is 16.7. The molecule has 4 heterocycles. The molecule has 0 amide bonds. The van der Waals surface area contributed by atoms with Gasteiger partial charge in [0, 0.05) is 23.9 Å². The minimum Gasteiger partial charge on any atom is -0.365 e. The van der Waals surface area contributed by atoms with Crippen LogP contribution in [-0.2, 0) is 4.74 Å². The molecule has 1 aliphatic heterocycles. The summed E-state index contributed by atoms with van der Waals surface area (Å²) in [7, 11) is 0. The van der Waals surface area contributed by atoms with E-state index in [1.54, 1.807) is 25.3 Å². The first-order chi connectivity index (χ1) is 14.7. The number of halogens is 1. The Morgan fingerprint density at radius 2 is 2.20 bits per heavy atom. The van der Waals surface area contributed by atoms with E-state index in [9.17, 15) is 9.65 Å². The largest absolute Gasteiger partial charge is 0.365 e. The van der Waals surface area contributed by atoms with E-state index in [0.29, 0.717) is 59.4 Å². The molecule has 1 saturated heterocycles. The highest BCUT2D eigenvalue weighted by molar-refractivity contribution is 6.01. The first kappa shape index (κ1) is 18.2. The van der Waals surface area contributed by atoms with Crippen molar-refractivity contribution in [2.24, 2.45) is 0 Å². The molecular formula is C20H16FN7O2. The van der Waals surface area contributed by atoms with Crippen molar-refractivity contribution >= 4 is 16.9 Å². The van der Waals surface area contributed by atoms with Gasteiger partial charge in [-0.2, -0.15) is 10.2 Å². The van der Waals surface area contributed by atoms with Crippen molar-refractivity contribution in [3.05, 3.63) is 53.8 Å². The van der Waals surface area contributed by atoms with Crippen LogP contribution in [0.4, 0.5) is 10.2 Å². The number of rotatable bonds is 3. The fourth-order valence-electron chi connectivity index (χ4n) is 3.66. The first-order valence-electron chi connectivity index (χ1n) is 9.33. The number of benzene rings is 1. The molecule has 3 aromatic heterocycles. The lowest BCUT2D eigenvalue weighted by molar-refractivity contribution is 0.0185. The molecule has 0 spiro atoms. The highest BCUT2D eigenvalue weighted by Crippen LogP contribution is 2.36. The van der Waals surface area contributed by atoms with Crippen LogP contribution in [0.25, 0.3) is 22.2 Å². The summed E-state index contributed by atoms with van der Waals surface area (Å²) >= 11 is 0. The summed E-state index contributed by atoms with van der Waals surface area (Å²) in [5.41, 5.74) is 1.47. The number of fused-ring (bicyclic) bond motifs is 1. The van der Waals surface area contributed by atoms with E-state index in [2.05, 4.69) is 25.1 Å². The highest BCUT2D eigenvalue weighted by atomic mass is 19.1. The summed E-state index contributed by atoms with van der Waals surface area (Å²) in [6.45, 7) is 3.22. The van der Waals surface area contributed by atoms with E-state index in [0.717, 1.165) is 0 Å². The average Bonchev–Trinajstić information content (AvgIpc) is 3.40.